The number of rotatable bonds is 4. The molecule has 1 atom stereocenters. The molecule has 1 unspecified atom stereocenters. The first-order valence-corrected chi connectivity index (χ1v) is 7.91. The summed E-state index contributed by atoms with van der Waals surface area (Å²) in [5.41, 5.74) is 2.63. The van der Waals surface area contributed by atoms with Gasteiger partial charge in [-0.3, -0.25) is 9.59 Å². The van der Waals surface area contributed by atoms with E-state index in [0.717, 1.165) is 22.9 Å². The number of hydrogen-bond donors (Lipinski definition) is 1. The van der Waals surface area contributed by atoms with Crippen LogP contribution in [0.3, 0.4) is 0 Å². The SMILES string of the molecule is CC(=O)SC(C(=O)O)c1ccc(-c2ccccc2)cc1Br. The predicted molar refractivity (Wildman–Crippen MR) is 88.2 cm³/mol. The van der Waals surface area contributed by atoms with Gasteiger partial charge in [0.15, 0.2) is 5.12 Å². The van der Waals surface area contributed by atoms with E-state index in [1.165, 1.54) is 6.92 Å². The largest absolute Gasteiger partial charge is 0.480 e. The molecule has 2 aromatic carbocycles. The Morgan fingerprint density at radius 3 is 2.29 bits per heavy atom. The van der Waals surface area contributed by atoms with Gasteiger partial charge in [-0.1, -0.05) is 70.2 Å². The number of carbonyl (C=O) groups is 2. The number of halogens is 1. The van der Waals surface area contributed by atoms with E-state index in [1.807, 2.05) is 42.5 Å². The Bertz CT molecular complexity index is 670. The van der Waals surface area contributed by atoms with Crippen molar-refractivity contribution in [1.82, 2.24) is 0 Å². The Morgan fingerprint density at radius 1 is 1.10 bits per heavy atom. The van der Waals surface area contributed by atoms with Crippen LogP contribution in [0.5, 0.6) is 0 Å². The summed E-state index contributed by atoms with van der Waals surface area (Å²) < 4.78 is 0.685. The summed E-state index contributed by atoms with van der Waals surface area (Å²) in [4.78, 5) is 22.6. The third-order valence-corrected chi connectivity index (χ3v) is 4.61. The van der Waals surface area contributed by atoms with Crippen molar-refractivity contribution in [2.75, 3.05) is 0 Å². The van der Waals surface area contributed by atoms with Crippen molar-refractivity contribution in [2.24, 2.45) is 0 Å². The molecule has 0 aromatic heterocycles. The van der Waals surface area contributed by atoms with Crippen molar-refractivity contribution >= 4 is 38.8 Å². The van der Waals surface area contributed by atoms with Crippen molar-refractivity contribution in [3.63, 3.8) is 0 Å². The van der Waals surface area contributed by atoms with E-state index >= 15 is 0 Å². The summed E-state index contributed by atoms with van der Waals surface area (Å²) >= 11 is 4.22. The Morgan fingerprint density at radius 2 is 1.76 bits per heavy atom. The topological polar surface area (TPSA) is 54.4 Å². The Labute approximate surface area is 135 Å². The summed E-state index contributed by atoms with van der Waals surface area (Å²) in [5.74, 6) is -1.02. The first-order chi connectivity index (χ1) is 9.99. The number of carbonyl (C=O) groups excluding carboxylic acids is 1. The first kappa shape index (κ1) is 15.8. The summed E-state index contributed by atoms with van der Waals surface area (Å²) in [5, 5.41) is 8.17. The van der Waals surface area contributed by atoms with Gasteiger partial charge in [0.25, 0.3) is 0 Å². The zero-order chi connectivity index (χ0) is 15.4. The number of aliphatic carboxylic acids is 1. The van der Waals surface area contributed by atoms with Gasteiger partial charge in [-0.2, -0.15) is 0 Å². The van der Waals surface area contributed by atoms with Crippen LogP contribution in [0.15, 0.2) is 53.0 Å². The van der Waals surface area contributed by atoms with Gasteiger partial charge in [0.2, 0.25) is 0 Å². The minimum Gasteiger partial charge on any atom is -0.480 e. The van der Waals surface area contributed by atoms with E-state index in [0.29, 0.717) is 10.0 Å². The van der Waals surface area contributed by atoms with Gasteiger partial charge >= 0.3 is 5.97 Å². The van der Waals surface area contributed by atoms with Crippen LogP contribution in [0.4, 0.5) is 0 Å². The highest BCUT2D eigenvalue weighted by atomic mass is 79.9. The van der Waals surface area contributed by atoms with Gasteiger partial charge in [-0.15, -0.1) is 0 Å². The lowest BCUT2D eigenvalue weighted by Gasteiger charge is -2.13. The van der Waals surface area contributed by atoms with Gasteiger partial charge in [0, 0.05) is 11.4 Å². The number of thioether (sulfide) groups is 1. The smallest absolute Gasteiger partial charge is 0.321 e. The molecule has 0 spiro atoms. The molecule has 0 aliphatic carbocycles. The highest BCUT2D eigenvalue weighted by Gasteiger charge is 2.24. The molecule has 108 valence electrons. The van der Waals surface area contributed by atoms with Crippen molar-refractivity contribution in [1.29, 1.82) is 0 Å². The molecule has 0 fully saturated rings. The zero-order valence-corrected chi connectivity index (χ0v) is 13.6. The summed E-state index contributed by atoms with van der Waals surface area (Å²) in [7, 11) is 0. The van der Waals surface area contributed by atoms with E-state index in [-0.39, 0.29) is 5.12 Å². The van der Waals surface area contributed by atoms with Crippen molar-refractivity contribution in [3.05, 3.63) is 58.6 Å². The second-order valence-corrected chi connectivity index (χ2v) is 6.57. The molecular weight excluding hydrogens is 352 g/mol. The van der Waals surface area contributed by atoms with E-state index in [4.69, 9.17) is 0 Å². The molecule has 0 saturated carbocycles. The number of carboxylic acid groups (broad SMARTS) is 1. The van der Waals surface area contributed by atoms with Crippen LogP contribution in [0.25, 0.3) is 11.1 Å². The van der Waals surface area contributed by atoms with E-state index in [9.17, 15) is 14.7 Å². The van der Waals surface area contributed by atoms with E-state index in [2.05, 4.69) is 15.9 Å². The Balaban J connectivity index is 2.38. The second kappa shape index (κ2) is 6.91. The van der Waals surface area contributed by atoms with Crippen LogP contribution in [0, 0.1) is 0 Å². The van der Waals surface area contributed by atoms with Crippen LogP contribution >= 0.6 is 27.7 Å². The molecule has 0 saturated heterocycles. The van der Waals surface area contributed by atoms with Crippen molar-refractivity contribution < 1.29 is 14.7 Å². The molecule has 0 aliphatic heterocycles. The maximum atomic E-state index is 11.3. The number of carboxylic acids is 1. The summed E-state index contributed by atoms with van der Waals surface area (Å²) in [6.45, 7) is 1.37. The molecular formula is C16H13BrO3S. The lowest BCUT2D eigenvalue weighted by atomic mass is 10.0. The molecule has 3 nitrogen and oxygen atoms in total. The third kappa shape index (κ3) is 3.95. The van der Waals surface area contributed by atoms with E-state index in [1.54, 1.807) is 6.07 Å². The molecule has 1 N–H and O–H groups in total. The van der Waals surface area contributed by atoms with Gasteiger partial charge in [-0.25, -0.2) is 0 Å². The van der Waals surface area contributed by atoms with Gasteiger partial charge in [0.05, 0.1) is 0 Å². The molecule has 0 amide bonds. The molecule has 21 heavy (non-hydrogen) atoms. The van der Waals surface area contributed by atoms with E-state index < -0.39 is 11.2 Å². The number of hydrogen-bond acceptors (Lipinski definition) is 3. The molecule has 0 heterocycles. The average molecular weight is 365 g/mol. The lowest BCUT2D eigenvalue weighted by molar-refractivity contribution is -0.136. The lowest BCUT2D eigenvalue weighted by Crippen LogP contribution is -2.10. The normalized spacial score (nSPS) is 11.9. The van der Waals surface area contributed by atoms with Gasteiger partial charge in [0.1, 0.15) is 5.25 Å². The van der Waals surface area contributed by atoms with Crippen LogP contribution < -0.4 is 0 Å². The highest BCUT2D eigenvalue weighted by Crippen LogP contribution is 2.36. The Kier molecular flexibility index (Phi) is 5.20. The standard InChI is InChI=1S/C16H13BrO3S/c1-10(18)21-15(16(19)20)13-8-7-12(9-14(13)17)11-5-3-2-4-6-11/h2-9,15H,1H3,(H,19,20). The predicted octanol–water partition coefficient (Wildman–Crippen LogP) is 4.52. The molecule has 0 radical (unpaired) electrons. The Hall–Kier alpha value is -1.59. The zero-order valence-electron chi connectivity index (χ0n) is 11.2. The molecule has 2 rings (SSSR count). The van der Waals surface area contributed by atoms with Crippen LogP contribution in [-0.2, 0) is 9.59 Å². The fraction of sp³-hybridized carbons (Fsp3) is 0.125. The van der Waals surface area contributed by atoms with Crippen LogP contribution in [0.2, 0.25) is 0 Å². The molecule has 2 aromatic rings. The average Bonchev–Trinajstić information content (AvgIpc) is 2.45. The maximum absolute atomic E-state index is 11.3. The monoisotopic (exact) mass is 364 g/mol. The second-order valence-electron chi connectivity index (χ2n) is 4.43. The summed E-state index contributed by atoms with van der Waals surface area (Å²) in [6, 6.07) is 15.3. The highest BCUT2D eigenvalue weighted by molar-refractivity contribution is 9.10. The fourth-order valence-electron chi connectivity index (χ4n) is 1.96. The third-order valence-electron chi connectivity index (χ3n) is 2.90. The fourth-order valence-corrected chi connectivity index (χ4v) is 3.49. The minimum atomic E-state index is -1.02. The minimum absolute atomic E-state index is 0.221. The molecule has 0 aliphatic rings. The summed E-state index contributed by atoms with van der Waals surface area (Å²) in [6.07, 6.45) is 0. The van der Waals surface area contributed by atoms with Crippen molar-refractivity contribution in [2.45, 2.75) is 12.2 Å². The van der Waals surface area contributed by atoms with Crippen molar-refractivity contribution in [3.8, 4) is 11.1 Å². The first-order valence-electron chi connectivity index (χ1n) is 6.24. The number of benzene rings is 2. The van der Waals surface area contributed by atoms with Gasteiger partial charge in [-0.05, 0) is 22.8 Å². The molecule has 0 bridgehead atoms. The molecule has 5 heteroatoms. The quantitative estimate of drug-likeness (QED) is 0.866. The van der Waals surface area contributed by atoms with Crippen LogP contribution in [-0.4, -0.2) is 16.2 Å². The van der Waals surface area contributed by atoms with Gasteiger partial charge < -0.3 is 5.11 Å². The maximum Gasteiger partial charge on any atom is 0.321 e. The van der Waals surface area contributed by atoms with Crippen LogP contribution in [0.1, 0.15) is 17.7 Å².